The largest absolute Gasteiger partial charge is 0.481 e. The second kappa shape index (κ2) is 12.9. The number of nitrogens with zero attached hydrogens (tertiary/aromatic N) is 3. The minimum Gasteiger partial charge on any atom is -0.481 e. The van der Waals surface area contributed by atoms with E-state index in [1.165, 1.54) is 4.90 Å². The normalized spacial score (nSPS) is 11.8. The average molecular weight is 509 g/mol. The summed E-state index contributed by atoms with van der Waals surface area (Å²) in [6, 6.07) is 9.29. The Morgan fingerprint density at radius 2 is 1.92 bits per heavy atom. The summed E-state index contributed by atoms with van der Waals surface area (Å²) in [4.78, 5) is 34.4. The quantitative estimate of drug-likeness (QED) is 0.330. The van der Waals surface area contributed by atoms with E-state index in [0.717, 1.165) is 34.8 Å². The molecule has 0 spiro atoms. The average Bonchev–Trinajstić information content (AvgIpc) is 3.28. The molecule has 0 aliphatic rings. The first-order valence-corrected chi connectivity index (χ1v) is 12.5. The van der Waals surface area contributed by atoms with Gasteiger partial charge in [-0.25, -0.2) is 9.97 Å². The van der Waals surface area contributed by atoms with Gasteiger partial charge in [-0.1, -0.05) is 13.8 Å². The number of amides is 1. The molecule has 0 aliphatic carbocycles. The van der Waals surface area contributed by atoms with Crippen molar-refractivity contribution in [3.8, 4) is 17.2 Å². The number of pyridine rings is 2. The van der Waals surface area contributed by atoms with Crippen LogP contribution in [0.15, 0.2) is 47.1 Å². The topological polar surface area (TPSA) is 107 Å². The zero-order chi connectivity index (χ0) is 26.9. The minimum atomic E-state index is -0.327. The zero-order valence-electron chi connectivity index (χ0n) is 22.4. The minimum absolute atomic E-state index is 0.0145. The van der Waals surface area contributed by atoms with Gasteiger partial charge in [0.15, 0.2) is 0 Å². The predicted molar refractivity (Wildman–Crippen MR) is 141 cm³/mol. The van der Waals surface area contributed by atoms with Crippen molar-refractivity contribution >= 4 is 17.6 Å². The fourth-order valence-electron chi connectivity index (χ4n) is 3.96. The van der Waals surface area contributed by atoms with E-state index in [2.05, 4.69) is 29.1 Å². The summed E-state index contributed by atoms with van der Waals surface area (Å²) in [5, 5.41) is 3.56. The number of hydrogen-bond donors (Lipinski definition) is 1. The molecule has 3 aromatic heterocycles. The third kappa shape index (κ3) is 7.55. The van der Waals surface area contributed by atoms with E-state index in [4.69, 9.17) is 13.9 Å². The Morgan fingerprint density at radius 3 is 2.51 bits per heavy atom. The van der Waals surface area contributed by atoms with Crippen molar-refractivity contribution in [2.75, 3.05) is 32.6 Å². The molecule has 9 heteroatoms. The monoisotopic (exact) mass is 508 g/mol. The van der Waals surface area contributed by atoms with Crippen molar-refractivity contribution in [2.24, 2.45) is 5.92 Å². The van der Waals surface area contributed by atoms with Crippen LogP contribution in [-0.4, -0.2) is 54.1 Å². The van der Waals surface area contributed by atoms with Gasteiger partial charge in [-0.15, -0.1) is 0 Å². The number of furan rings is 1. The molecule has 9 nitrogen and oxygen atoms in total. The molecular formula is C28H36N4O5. The second-order valence-electron chi connectivity index (χ2n) is 9.25. The van der Waals surface area contributed by atoms with E-state index in [1.54, 1.807) is 45.6 Å². The van der Waals surface area contributed by atoms with Gasteiger partial charge in [0.2, 0.25) is 5.88 Å². The Hall–Kier alpha value is -3.88. The summed E-state index contributed by atoms with van der Waals surface area (Å²) in [5.41, 5.74) is 3.03. The smallest absolute Gasteiger partial charge is 0.307 e. The van der Waals surface area contributed by atoms with E-state index in [9.17, 15) is 9.59 Å². The Kier molecular flexibility index (Phi) is 9.65. The molecule has 37 heavy (non-hydrogen) atoms. The maximum Gasteiger partial charge on any atom is 0.307 e. The number of anilines is 1. The van der Waals surface area contributed by atoms with Crippen LogP contribution >= 0.6 is 0 Å². The molecule has 0 saturated carbocycles. The van der Waals surface area contributed by atoms with E-state index in [1.807, 2.05) is 25.1 Å². The summed E-state index contributed by atoms with van der Waals surface area (Å²) in [6.07, 6.45) is 4.40. The highest BCUT2D eigenvalue weighted by atomic mass is 16.5. The number of aromatic nitrogens is 2. The summed E-state index contributed by atoms with van der Waals surface area (Å²) in [7, 11) is 3.23. The number of nitrogens with one attached hydrogen (secondary N) is 1. The summed E-state index contributed by atoms with van der Waals surface area (Å²) < 4.78 is 16.2. The van der Waals surface area contributed by atoms with Gasteiger partial charge in [0.05, 0.1) is 38.1 Å². The van der Waals surface area contributed by atoms with Crippen molar-refractivity contribution in [2.45, 2.75) is 46.6 Å². The van der Waals surface area contributed by atoms with Crippen LogP contribution in [0.5, 0.6) is 5.88 Å². The molecule has 3 aromatic rings. The van der Waals surface area contributed by atoms with Gasteiger partial charge in [0, 0.05) is 37.0 Å². The highest BCUT2D eigenvalue weighted by Gasteiger charge is 2.21. The van der Waals surface area contributed by atoms with Gasteiger partial charge in [-0.2, -0.15) is 0 Å². The molecule has 1 amide bonds. The molecule has 3 heterocycles. The number of aryl methyl sites for hydroxylation is 1. The lowest BCUT2D eigenvalue weighted by Gasteiger charge is -2.22. The lowest BCUT2D eigenvalue weighted by atomic mass is 9.96. The first-order valence-electron chi connectivity index (χ1n) is 12.5. The molecule has 1 unspecified atom stereocenters. The zero-order valence-corrected chi connectivity index (χ0v) is 22.4. The number of ether oxygens (including phenoxy) is 2. The Bertz CT molecular complexity index is 1170. The molecule has 198 valence electrons. The van der Waals surface area contributed by atoms with Crippen LogP contribution in [-0.2, 0) is 9.53 Å². The van der Waals surface area contributed by atoms with E-state index in [-0.39, 0.29) is 30.9 Å². The maximum atomic E-state index is 12.7. The van der Waals surface area contributed by atoms with Crippen LogP contribution in [0.3, 0.4) is 0 Å². The standard InChI is InChI=1S/C28H36N4O5/c1-7-36-27(33)12-13-32(5)28(34)23-10-9-21(17-29-23)31-24(14-18(2)3)22-15-25(37-19(22)4)20-8-11-26(35-6)30-16-20/h8-11,15-18,24,31H,7,12-14H2,1-6H3. The first kappa shape index (κ1) is 27.7. The molecule has 1 atom stereocenters. The predicted octanol–water partition coefficient (Wildman–Crippen LogP) is 5.28. The van der Waals surface area contributed by atoms with E-state index in [0.29, 0.717) is 24.1 Å². The van der Waals surface area contributed by atoms with Gasteiger partial charge < -0.3 is 24.1 Å². The molecule has 1 N–H and O–H groups in total. The molecule has 0 fully saturated rings. The fraction of sp³-hybridized carbons (Fsp3) is 0.429. The van der Waals surface area contributed by atoms with Gasteiger partial charge >= 0.3 is 5.97 Å². The van der Waals surface area contributed by atoms with Crippen molar-refractivity contribution in [3.05, 3.63) is 59.7 Å². The third-order valence-electron chi connectivity index (χ3n) is 5.90. The highest BCUT2D eigenvalue weighted by Crippen LogP contribution is 2.34. The van der Waals surface area contributed by atoms with Crippen molar-refractivity contribution in [1.82, 2.24) is 14.9 Å². The number of carbonyl (C=O) groups is 2. The molecular weight excluding hydrogens is 472 g/mol. The van der Waals surface area contributed by atoms with Gasteiger partial charge in [0.1, 0.15) is 17.2 Å². The number of carbonyl (C=O) groups excluding carboxylic acids is 2. The maximum absolute atomic E-state index is 12.7. The van der Waals surface area contributed by atoms with Crippen LogP contribution < -0.4 is 10.1 Å². The van der Waals surface area contributed by atoms with Crippen LogP contribution in [0.4, 0.5) is 5.69 Å². The van der Waals surface area contributed by atoms with Crippen LogP contribution in [0.1, 0.15) is 61.5 Å². The highest BCUT2D eigenvalue weighted by molar-refractivity contribution is 5.92. The number of methoxy groups -OCH3 is 1. The fourth-order valence-corrected chi connectivity index (χ4v) is 3.96. The summed E-state index contributed by atoms with van der Waals surface area (Å²) in [6.45, 7) is 8.64. The van der Waals surface area contributed by atoms with Crippen molar-refractivity contribution in [1.29, 1.82) is 0 Å². The molecule has 0 aromatic carbocycles. The van der Waals surface area contributed by atoms with Crippen LogP contribution in [0.25, 0.3) is 11.3 Å². The van der Waals surface area contributed by atoms with E-state index >= 15 is 0 Å². The van der Waals surface area contributed by atoms with Crippen molar-refractivity contribution < 1.29 is 23.5 Å². The number of hydrogen-bond acceptors (Lipinski definition) is 8. The van der Waals surface area contributed by atoms with E-state index < -0.39 is 0 Å². The number of esters is 1. The van der Waals surface area contributed by atoms with Gasteiger partial charge in [-0.3, -0.25) is 9.59 Å². The first-order chi connectivity index (χ1) is 17.7. The Labute approximate surface area is 218 Å². The molecule has 3 rings (SSSR count). The second-order valence-corrected chi connectivity index (χ2v) is 9.25. The third-order valence-corrected chi connectivity index (χ3v) is 5.90. The lowest BCUT2D eigenvalue weighted by Crippen LogP contribution is -2.30. The molecule has 0 saturated heterocycles. The van der Waals surface area contributed by atoms with Crippen molar-refractivity contribution in [3.63, 3.8) is 0 Å². The van der Waals surface area contributed by atoms with Gasteiger partial charge in [-0.05, 0) is 50.5 Å². The summed E-state index contributed by atoms with van der Waals surface area (Å²) >= 11 is 0. The molecule has 0 bridgehead atoms. The summed E-state index contributed by atoms with van der Waals surface area (Å²) in [5.74, 6) is 1.96. The molecule has 0 radical (unpaired) electrons. The molecule has 0 aliphatic heterocycles. The Morgan fingerprint density at radius 1 is 1.14 bits per heavy atom. The lowest BCUT2D eigenvalue weighted by molar-refractivity contribution is -0.143. The number of rotatable bonds is 12. The Balaban J connectivity index is 1.73. The van der Waals surface area contributed by atoms with Crippen LogP contribution in [0, 0.1) is 12.8 Å². The van der Waals surface area contributed by atoms with Gasteiger partial charge in [0.25, 0.3) is 5.91 Å². The SMILES string of the molecule is CCOC(=O)CCN(C)C(=O)c1ccc(NC(CC(C)C)c2cc(-c3ccc(OC)nc3)oc2C)cn1. The van der Waals surface area contributed by atoms with Crippen LogP contribution in [0.2, 0.25) is 0 Å².